The number of carbonyl (C=O) groups excluding carboxylic acids is 1. The molecule has 0 aromatic heterocycles. The molecule has 5 heteroatoms. The second-order valence-corrected chi connectivity index (χ2v) is 7.90. The molecule has 2 atom stereocenters. The summed E-state index contributed by atoms with van der Waals surface area (Å²) in [6.07, 6.45) is 3.10. The van der Waals surface area contributed by atoms with Crippen LogP contribution >= 0.6 is 0 Å². The highest BCUT2D eigenvalue weighted by Gasteiger charge is 2.28. The first-order valence-electron chi connectivity index (χ1n) is 8.81. The van der Waals surface area contributed by atoms with E-state index in [0.717, 1.165) is 51.4 Å². The summed E-state index contributed by atoms with van der Waals surface area (Å²) in [5.41, 5.74) is 5.54. The number of carbonyl (C=O) groups is 1. The molecule has 0 radical (unpaired) electrons. The zero-order valence-electron chi connectivity index (χ0n) is 14.8. The molecule has 1 amide bonds. The smallest absolute Gasteiger partial charge is 0.224 e. The average Bonchev–Trinajstić information content (AvgIpc) is 2.74. The monoisotopic (exact) mass is 310 g/mol. The van der Waals surface area contributed by atoms with Gasteiger partial charge in [0.05, 0.1) is 0 Å². The molecule has 0 saturated carbocycles. The lowest BCUT2D eigenvalue weighted by Gasteiger charge is -2.37. The van der Waals surface area contributed by atoms with Crippen molar-refractivity contribution in [1.29, 1.82) is 0 Å². The summed E-state index contributed by atoms with van der Waals surface area (Å²) in [6.45, 7) is 14.5. The second-order valence-electron chi connectivity index (χ2n) is 7.90. The molecule has 2 heterocycles. The van der Waals surface area contributed by atoms with Crippen molar-refractivity contribution in [2.45, 2.75) is 64.6 Å². The molecule has 22 heavy (non-hydrogen) atoms. The molecule has 0 aliphatic carbocycles. The zero-order chi connectivity index (χ0) is 16.3. The Kier molecular flexibility index (Phi) is 5.86. The predicted molar refractivity (Wildman–Crippen MR) is 90.8 cm³/mol. The summed E-state index contributed by atoms with van der Waals surface area (Å²) in [4.78, 5) is 19.3. The van der Waals surface area contributed by atoms with Gasteiger partial charge in [-0.1, -0.05) is 0 Å². The zero-order valence-corrected chi connectivity index (χ0v) is 14.8. The van der Waals surface area contributed by atoms with Gasteiger partial charge >= 0.3 is 0 Å². The van der Waals surface area contributed by atoms with Gasteiger partial charge in [-0.05, 0) is 40.5 Å². The highest BCUT2D eigenvalue weighted by atomic mass is 16.2. The third kappa shape index (κ3) is 4.93. The van der Waals surface area contributed by atoms with Gasteiger partial charge in [-0.2, -0.15) is 0 Å². The molecule has 0 aromatic carbocycles. The molecule has 0 unspecified atom stereocenters. The van der Waals surface area contributed by atoms with Crippen molar-refractivity contribution in [3.05, 3.63) is 0 Å². The van der Waals surface area contributed by atoms with Crippen molar-refractivity contribution in [2.75, 3.05) is 39.3 Å². The highest BCUT2D eigenvalue weighted by molar-refractivity contribution is 5.77. The van der Waals surface area contributed by atoms with Gasteiger partial charge in [0.2, 0.25) is 5.91 Å². The van der Waals surface area contributed by atoms with E-state index >= 15 is 0 Å². The summed E-state index contributed by atoms with van der Waals surface area (Å²) in [5.74, 6) is 0.203. The maximum Gasteiger partial charge on any atom is 0.224 e. The molecule has 128 valence electrons. The highest BCUT2D eigenvalue weighted by Crippen LogP contribution is 2.22. The van der Waals surface area contributed by atoms with Crippen molar-refractivity contribution < 1.29 is 4.79 Å². The van der Waals surface area contributed by atoms with Gasteiger partial charge in [0, 0.05) is 63.3 Å². The van der Waals surface area contributed by atoms with E-state index in [4.69, 9.17) is 5.73 Å². The maximum absolute atomic E-state index is 12.2. The van der Waals surface area contributed by atoms with Crippen LogP contribution in [0.15, 0.2) is 0 Å². The van der Waals surface area contributed by atoms with Crippen LogP contribution in [0.4, 0.5) is 0 Å². The van der Waals surface area contributed by atoms with Crippen LogP contribution < -0.4 is 5.73 Å². The minimum Gasteiger partial charge on any atom is -0.340 e. The predicted octanol–water partition coefficient (Wildman–Crippen LogP) is 1.13. The number of hydrogen-bond acceptors (Lipinski definition) is 4. The third-order valence-corrected chi connectivity index (χ3v) is 5.14. The maximum atomic E-state index is 12.2. The standard InChI is InChI=1S/C17H34N4O/c1-14-5-6-15(2)21(14)12-9-19-7-10-20(11-8-19)16(22)13-17(3,4)18/h14-15H,5-13,18H2,1-4H3/t14-,15-/m0/s1. The number of rotatable bonds is 5. The van der Waals surface area contributed by atoms with Gasteiger partial charge in [-0.3, -0.25) is 14.6 Å². The van der Waals surface area contributed by atoms with E-state index in [1.54, 1.807) is 0 Å². The van der Waals surface area contributed by atoms with Crippen LogP contribution in [0, 0.1) is 0 Å². The topological polar surface area (TPSA) is 52.8 Å². The van der Waals surface area contributed by atoms with E-state index in [1.165, 1.54) is 12.8 Å². The summed E-state index contributed by atoms with van der Waals surface area (Å²) in [5, 5.41) is 0. The largest absolute Gasteiger partial charge is 0.340 e. The molecule has 2 fully saturated rings. The van der Waals surface area contributed by atoms with Crippen LogP contribution in [-0.2, 0) is 4.79 Å². The molecule has 2 saturated heterocycles. The number of nitrogens with two attached hydrogens (primary N) is 1. The molecule has 2 rings (SSSR count). The van der Waals surface area contributed by atoms with Gasteiger partial charge in [-0.25, -0.2) is 0 Å². The van der Waals surface area contributed by atoms with Crippen molar-refractivity contribution in [3.8, 4) is 0 Å². The van der Waals surface area contributed by atoms with Crippen LogP contribution in [0.25, 0.3) is 0 Å². The van der Waals surface area contributed by atoms with E-state index in [9.17, 15) is 4.79 Å². The minimum absolute atomic E-state index is 0.203. The van der Waals surface area contributed by atoms with Crippen molar-refractivity contribution >= 4 is 5.91 Å². The van der Waals surface area contributed by atoms with Gasteiger partial charge in [0.25, 0.3) is 0 Å². The Labute approximate surface area is 135 Å². The van der Waals surface area contributed by atoms with Gasteiger partial charge < -0.3 is 10.6 Å². The van der Waals surface area contributed by atoms with Crippen LogP contribution in [0.1, 0.15) is 47.0 Å². The van der Waals surface area contributed by atoms with Crippen molar-refractivity contribution in [1.82, 2.24) is 14.7 Å². The summed E-state index contributed by atoms with van der Waals surface area (Å²) >= 11 is 0. The number of hydrogen-bond donors (Lipinski definition) is 1. The fourth-order valence-electron chi connectivity index (χ4n) is 3.67. The molecule has 2 aliphatic rings. The van der Waals surface area contributed by atoms with Crippen molar-refractivity contribution in [2.24, 2.45) is 5.73 Å². The van der Waals surface area contributed by atoms with E-state index in [1.807, 2.05) is 18.7 Å². The second kappa shape index (κ2) is 7.28. The molecular formula is C17H34N4O. The van der Waals surface area contributed by atoms with E-state index in [0.29, 0.717) is 6.42 Å². The van der Waals surface area contributed by atoms with Crippen LogP contribution in [0.3, 0.4) is 0 Å². The molecule has 2 aliphatic heterocycles. The van der Waals surface area contributed by atoms with Crippen LogP contribution in [0.5, 0.6) is 0 Å². The Morgan fingerprint density at radius 3 is 2.09 bits per heavy atom. The van der Waals surface area contributed by atoms with E-state index in [2.05, 4.69) is 23.6 Å². The first-order valence-corrected chi connectivity index (χ1v) is 8.81. The lowest BCUT2D eigenvalue weighted by molar-refractivity contribution is -0.134. The molecule has 2 N–H and O–H groups in total. The Balaban J connectivity index is 1.70. The van der Waals surface area contributed by atoms with Crippen LogP contribution in [0.2, 0.25) is 0 Å². The number of nitrogens with zero attached hydrogens (tertiary/aromatic N) is 3. The molecular weight excluding hydrogens is 276 g/mol. The first kappa shape index (κ1) is 17.7. The molecule has 5 nitrogen and oxygen atoms in total. The quantitative estimate of drug-likeness (QED) is 0.827. The van der Waals surface area contributed by atoms with Gasteiger partial charge in [-0.15, -0.1) is 0 Å². The van der Waals surface area contributed by atoms with Gasteiger partial charge in [0.15, 0.2) is 0 Å². The lowest BCUT2D eigenvalue weighted by atomic mass is 10.0. The SMILES string of the molecule is C[C@H]1CC[C@H](C)N1CCN1CCN(C(=O)CC(C)(C)N)CC1. The molecule has 0 bridgehead atoms. The Morgan fingerprint density at radius 2 is 1.59 bits per heavy atom. The van der Waals surface area contributed by atoms with Crippen LogP contribution in [-0.4, -0.2) is 77.5 Å². The van der Waals surface area contributed by atoms with E-state index < -0.39 is 5.54 Å². The number of amides is 1. The lowest BCUT2D eigenvalue weighted by Crippen LogP contribution is -2.52. The van der Waals surface area contributed by atoms with E-state index in [-0.39, 0.29) is 5.91 Å². The number of likely N-dealkylation sites (tertiary alicyclic amines) is 1. The fraction of sp³-hybridized carbons (Fsp3) is 0.941. The van der Waals surface area contributed by atoms with Crippen molar-refractivity contribution in [3.63, 3.8) is 0 Å². The average molecular weight is 310 g/mol. The summed E-state index contributed by atoms with van der Waals surface area (Å²) < 4.78 is 0. The normalized spacial score (nSPS) is 28.3. The summed E-state index contributed by atoms with van der Waals surface area (Å²) in [7, 11) is 0. The third-order valence-electron chi connectivity index (χ3n) is 5.14. The molecule has 0 spiro atoms. The Hall–Kier alpha value is -0.650. The van der Waals surface area contributed by atoms with Gasteiger partial charge in [0.1, 0.15) is 0 Å². The Bertz CT molecular complexity index is 361. The minimum atomic E-state index is -0.407. The Morgan fingerprint density at radius 1 is 1.05 bits per heavy atom. The summed E-state index contributed by atoms with van der Waals surface area (Å²) in [6, 6.07) is 1.45. The number of piperazine rings is 1. The first-order chi connectivity index (χ1) is 10.3. The fourth-order valence-corrected chi connectivity index (χ4v) is 3.67. The molecule has 0 aromatic rings.